The zero-order chi connectivity index (χ0) is 16.7. The maximum absolute atomic E-state index is 14.1. The summed E-state index contributed by atoms with van der Waals surface area (Å²) in [5, 5.41) is 25.5. The van der Waals surface area contributed by atoms with Gasteiger partial charge in [0.2, 0.25) is 5.69 Å². The molecule has 0 aliphatic heterocycles. The van der Waals surface area contributed by atoms with E-state index in [0.717, 1.165) is 6.07 Å². The number of nitrogens with one attached hydrogen (secondary N) is 1. The third-order valence-corrected chi connectivity index (χ3v) is 3.39. The van der Waals surface area contributed by atoms with Crippen molar-refractivity contribution in [2.24, 2.45) is 0 Å². The number of phenols is 1. The van der Waals surface area contributed by atoms with Crippen molar-refractivity contribution in [2.45, 2.75) is 6.92 Å². The summed E-state index contributed by atoms with van der Waals surface area (Å²) in [6, 6.07) is 3.33. The molecule has 0 unspecified atom stereocenters. The quantitative estimate of drug-likeness (QED) is 0.631. The smallest absolute Gasteiger partial charge is 0.325 e. The average Bonchev–Trinajstić information content (AvgIpc) is 2.86. The molecule has 0 aliphatic rings. The Labute approximate surface area is 128 Å². The van der Waals surface area contributed by atoms with Crippen molar-refractivity contribution in [1.82, 2.24) is 15.2 Å². The molecule has 0 saturated heterocycles. The first kappa shape index (κ1) is 14.5. The molecule has 0 bridgehead atoms. The molecule has 114 valence electrons. The highest BCUT2D eigenvalue weighted by Gasteiger charge is 2.25. The highest BCUT2D eigenvalue weighted by molar-refractivity contribution is 6.10. The predicted octanol–water partition coefficient (Wildman–Crippen LogP) is 3.03. The maximum atomic E-state index is 14.1. The van der Waals surface area contributed by atoms with Crippen molar-refractivity contribution < 1.29 is 19.4 Å². The number of aromatic amines is 1. The Balaban J connectivity index is 2.47. The van der Waals surface area contributed by atoms with Crippen LogP contribution in [0.5, 0.6) is 5.75 Å². The molecule has 0 amide bonds. The first-order valence-electron chi connectivity index (χ1n) is 6.42. The number of aromatic nitrogens is 3. The second-order valence-corrected chi connectivity index (χ2v) is 4.81. The number of carboxylic acids is 1. The van der Waals surface area contributed by atoms with Crippen molar-refractivity contribution in [1.29, 1.82) is 0 Å². The maximum Gasteiger partial charge on any atom is 0.325 e. The molecule has 0 fully saturated rings. The van der Waals surface area contributed by atoms with Gasteiger partial charge in [0, 0.05) is 22.7 Å². The topological polar surface area (TPSA) is 103 Å². The minimum Gasteiger partial charge on any atom is -0.508 e. The van der Waals surface area contributed by atoms with E-state index in [1.54, 1.807) is 6.92 Å². The van der Waals surface area contributed by atoms with Gasteiger partial charge in [0.1, 0.15) is 11.6 Å². The molecule has 3 rings (SSSR count). The van der Waals surface area contributed by atoms with Crippen molar-refractivity contribution >= 4 is 22.7 Å². The summed E-state index contributed by atoms with van der Waals surface area (Å²) in [6.07, 6.45) is 0. The lowest BCUT2D eigenvalue weighted by Gasteiger charge is -2.09. The lowest BCUT2D eigenvalue weighted by Crippen LogP contribution is -2.02. The van der Waals surface area contributed by atoms with Crippen LogP contribution in [-0.4, -0.2) is 31.4 Å². The Hall–Kier alpha value is -3.47. The Morgan fingerprint density at radius 3 is 2.78 bits per heavy atom. The van der Waals surface area contributed by atoms with Crippen LogP contribution < -0.4 is 0 Å². The normalized spacial score (nSPS) is 10.7. The van der Waals surface area contributed by atoms with E-state index in [1.807, 2.05) is 0 Å². The molecule has 0 radical (unpaired) electrons. The van der Waals surface area contributed by atoms with Crippen LogP contribution in [0, 0.1) is 19.3 Å². The number of fused-ring (bicyclic) bond motifs is 1. The number of aromatic carboxylic acids is 1. The Morgan fingerprint density at radius 1 is 1.43 bits per heavy atom. The number of aromatic hydroxyl groups is 1. The van der Waals surface area contributed by atoms with E-state index in [2.05, 4.69) is 20.0 Å². The molecule has 3 aromatic rings. The third-order valence-electron chi connectivity index (χ3n) is 3.39. The second kappa shape index (κ2) is 5.06. The van der Waals surface area contributed by atoms with Crippen LogP contribution in [-0.2, 0) is 0 Å². The van der Waals surface area contributed by atoms with E-state index >= 15 is 0 Å². The minimum absolute atomic E-state index is 0.0785. The fourth-order valence-corrected chi connectivity index (χ4v) is 2.39. The van der Waals surface area contributed by atoms with Gasteiger partial charge in [-0.15, -0.1) is 0 Å². The molecule has 2 aromatic heterocycles. The molecule has 0 aliphatic carbocycles. The molecule has 1 aromatic carbocycles. The van der Waals surface area contributed by atoms with Crippen LogP contribution in [0.4, 0.5) is 10.1 Å². The van der Waals surface area contributed by atoms with E-state index in [-0.39, 0.29) is 39.3 Å². The van der Waals surface area contributed by atoms with E-state index in [9.17, 15) is 19.4 Å². The summed E-state index contributed by atoms with van der Waals surface area (Å²) < 4.78 is 14.1. The molecule has 23 heavy (non-hydrogen) atoms. The first-order chi connectivity index (χ1) is 10.9. The Morgan fingerprint density at radius 2 is 2.17 bits per heavy atom. The molecule has 8 heteroatoms. The number of carbonyl (C=O) groups is 1. The van der Waals surface area contributed by atoms with Gasteiger partial charge < -0.3 is 10.2 Å². The van der Waals surface area contributed by atoms with Gasteiger partial charge in [-0.3, -0.25) is 5.10 Å². The minimum atomic E-state index is -1.33. The van der Waals surface area contributed by atoms with Gasteiger partial charge in [-0.2, -0.15) is 5.10 Å². The number of H-pyrrole nitrogens is 1. The van der Waals surface area contributed by atoms with Crippen molar-refractivity contribution in [2.75, 3.05) is 0 Å². The monoisotopic (exact) mass is 312 g/mol. The molecular formula is C15H9FN4O3. The highest BCUT2D eigenvalue weighted by Crippen LogP contribution is 2.38. The van der Waals surface area contributed by atoms with Gasteiger partial charge in [-0.25, -0.2) is 19.0 Å². The highest BCUT2D eigenvalue weighted by atomic mass is 19.1. The van der Waals surface area contributed by atoms with Crippen LogP contribution in [0.3, 0.4) is 0 Å². The molecule has 7 nitrogen and oxygen atoms in total. The summed E-state index contributed by atoms with van der Waals surface area (Å²) >= 11 is 0. The van der Waals surface area contributed by atoms with Gasteiger partial charge in [-0.1, -0.05) is 0 Å². The predicted molar refractivity (Wildman–Crippen MR) is 78.9 cm³/mol. The molecule has 3 N–H and O–H groups in total. The van der Waals surface area contributed by atoms with Gasteiger partial charge in [0.25, 0.3) is 0 Å². The van der Waals surface area contributed by atoms with E-state index < -0.39 is 11.8 Å². The third kappa shape index (κ3) is 2.15. The van der Waals surface area contributed by atoms with Gasteiger partial charge in [0.05, 0.1) is 17.8 Å². The number of rotatable bonds is 2. The average molecular weight is 312 g/mol. The van der Waals surface area contributed by atoms with Crippen LogP contribution in [0.2, 0.25) is 0 Å². The van der Waals surface area contributed by atoms with E-state index in [1.165, 1.54) is 12.1 Å². The Bertz CT molecular complexity index is 1000. The summed E-state index contributed by atoms with van der Waals surface area (Å²) in [4.78, 5) is 19.0. The number of hydrogen-bond acceptors (Lipinski definition) is 4. The largest absolute Gasteiger partial charge is 0.508 e. The summed E-state index contributed by atoms with van der Waals surface area (Å²) in [6.45, 7) is 8.91. The number of nitrogens with zero attached hydrogens (tertiary/aromatic N) is 3. The lowest BCUT2D eigenvalue weighted by molar-refractivity contribution is 0.0700. The number of hydrogen-bond donors (Lipinski definition) is 3. The summed E-state index contributed by atoms with van der Waals surface area (Å²) in [7, 11) is 0. The zero-order valence-corrected chi connectivity index (χ0v) is 11.8. The van der Waals surface area contributed by atoms with Crippen molar-refractivity contribution in [3.63, 3.8) is 0 Å². The number of halogens is 1. The second-order valence-electron chi connectivity index (χ2n) is 4.81. The van der Waals surface area contributed by atoms with Gasteiger partial charge in [0.15, 0.2) is 5.65 Å². The fraction of sp³-hybridized carbons (Fsp3) is 0.0667. The van der Waals surface area contributed by atoms with Crippen LogP contribution >= 0.6 is 0 Å². The molecule has 0 spiro atoms. The van der Waals surface area contributed by atoms with Crippen molar-refractivity contribution in [3.8, 4) is 17.0 Å². The Kier molecular flexibility index (Phi) is 3.19. The number of aryl methyl sites for hydroxylation is 1. The van der Waals surface area contributed by atoms with E-state index in [0.29, 0.717) is 5.69 Å². The van der Waals surface area contributed by atoms with Crippen LogP contribution in [0.25, 0.3) is 27.1 Å². The summed E-state index contributed by atoms with van der Waals surface area (Å²) in [5.74, 6) is -2.43. The van der Waals surface area contributed by atoms with Crippen LogP contribution in [0.1, 0.15) is 16.1 Å². The lowest BCUT2D eigenvalue weighted by atomic mass is 10.0. The number of pyridine rings is 1. The fourth-order valence-electron chi connectivity index (χ4n) is 2.39. The molecule has 0 saturated carbocycles. The molecule has 2 heterocycles. The van der Waals surface area contributed by atoms with Gasteiger partial charge >= 0.3 is 5.97 Å². The number of phenolic OH excluding ortho intramolecular Hbond substituents is 1. The molecule has 0 atom stereocenters. The number of benzene rings is 1. The van der Waals surface area contributed by atoms with Crippen molar-refractivity contribution in [3.05, 3.63) is 46.7 Å². The van der Waals surface area contributed by atoms with Gasteiger partial charge in [-0.05, 0) is 19.1 Å². The standard InChI is InChI=1S/C15H9FN4O3/c1-6-10-11(15(22)23)13(17-2)12(18-14(10)20-19-6)8-4-3-7(21)5-9(8)16/h3-5,21H,1H3,(H,22,23)(H,18,19,20). The molecular weight excluding hydrogens is 303 g/mol. The van der Waals surface area contributed by atoms with Crippen LogP contribution in [0.15, 0.2) is 18.2 Å². The van der Waals surface area contributed by atoms with E-state index in [4.69, 9.17) is 6.57 Å². The number of carboxylic acid groups (broad SMARTS) is 1. The summed E-state index contributed by atoms with van der Waals surface area (Å²) in [5.41, 5.74) is -0.243. The zero-order valence-electron chi connectivity index (χ0n) is 11.8. The first-order valence-corrected chi connectivity index (χ1v) is 6.42. The SMILES string of the molecule is [C-]#[N+]c1c(-c2ccc(O)cc2F)nc2n[nH]c(C)c2c1C(=O)O.